The van der Waals surface area contributed by atoms with Crippen LogP contribution in [0.25, 0.3) is 0 Å². The smallest absolute Gasteiger partial charge is 0.337 e. The number of aryl methyl sites for hydroxylation is 1. The van der Waals surface area contributed by atoms with Crippen molar-refractivity contribution < 1.29 is 27.9 Å². The van der Waals surface area contributed by atoms with Gasteiger partial charge in [-0.1, -0.05) is 11.6 Å². The van der Waals surface area contributed by atoms with Gasteiger partial charge in [-0.15, -0.1) is 0 Å². The third-order valence-corrected chi connectivity index (χ3v) is 4.30. The molecule has 0 saturated carbocycles. The minimum atomic E-state index is -3.58. The first kappa shape index (κ1) is 19.1. The molecule has 9 heteroatoms. The first-order valence-corrected chi connectivity index (χ1v) is 8.50. The number of ether oxygens (including phenoxy) is 1. The van der Waals surface area contributed by atoms with Crippen LogP contribution in [0.4, 0.5) is 5.69 Å². The summed E-state index contributed by atoms with van der Waals surface area (Å²) in [5, 5.41) is 11.5. The van der Waals surface area contributed by atoms with Crippen molar-refractivity contribution in [2.45, 2.75) is 13.3 Å². The molecule has 23 heavy (non-hydrogen) atoms. The summed E-state index contributed by atoms with van der Waals surface area (Å²) in [5.74, 6) is -1.98. The van der Waals surface area contributed by atoms with Gasteiger partial charge < -0.3 is 15.2 Å². The highest BCUT2D eigenvalue weighted by atomic mass is 32.2. The van der Waals surface area contributed by atoms with E-state index in [1.54, 1.807) is 13.0 Å². The van der Waals surface area contributed by atoms with Crippen molar-refractivity contribution in [3.8, 4) is 0 Å². The number of aromatic carboxylic acids is 1. The van der Waals surface area contributed by atoms with Crippen molar-refractivity contribution >= 4 is 27.6 Å². The molecule has 1 rings (SSSR count). The van der Waals surface area contributed by atoms with Crippen LogP contribution in [0.2, 0.25) is 0 Å². The van der Waals surface area contributed by atoms with Crippen LogP contribution < -0.4 is 10.0 Å². The third-order valence-electron chi connectivity index (χ3n) is 2.89. The predicted octanol–water partition coefficient (Wildman–Crippen LogP) is 0.588. The molecular weight excluding hydrogens is 324 g/mol. The summed E-state index contributed by atoms with van der Waals surface area (Å²) in [6, 6.07) is 4.54. The molecule has 0 aliphatic heterocycles. The molecule has 1 amide bonds. The highest BCUT2D eigenvalue weighted by molar-refractivity contribution is 7.89. The van der Waals surface area contributed by atoms with E-state index in [4.69, 9.17) is 9.84 Å². The molecule has 128 valence electrons. The number of nitrogens with one attached hydrogen (secondary N) is 2. The second-order valence-corrected chi connectivity index (χ2v) is 6.82. The lowest BCUT2D eigenvalue weighted by Gasteiger charge is -2.10. The minimum Gasteiger partial charge on any atom is -0.478 e. The Morgan fingerprint density at radius 1 is 1.30 bits per heavy atom. The summed E-state index contributed by atoms with van der Waals surface area (Å²) in [7, 11) is -2.11. The number of benzene rings is 1. The lowest BCUT2D eigenvalue weighted by atomic mass is 10.1. The average Bonchev–Trinajstić information content (AvgIpc) is 2.47. The van der Waals surface area contributed by atoms with Gasteiger partial charge in [-0.2, -0.15) is 0 Å². The van der Waals surface area contributed by atoms with E-state index in [-0.39, 0.29) is 17.0 Å². The van der Waals surface area contributed by atoms with E-state index in [9.17, 15) is 18.0 Å². The summed E-state index contributed by atoms with van der Waals surface area (Å²) in [6.07, 6.45) is 0.314. The number of carbonyl (C=O) groups is 2. The second-order valence-electron chi connectivity index (χ2n) is 4.89. The summed E-state index contributed by atoms with van der Waals surface area (Å²) in [6.45, 7) is 1.56. The van der Waals surface area contributed by atoms with Crippen molar-refractivity contribution in [2.24, 2.45) is 0 Å². The number of hydrogen-bond acceptors (Lipinski definition) is 5. The van der Waals surface area contributed by atoms with Crippen LogP contribution in [0.1, 0.15) is 22.3 Å². The summed E-state index contributed by atoms with van der Waals surface area (Å²) < 4.78 is 30.2. The molecule has 0 aliphatic carbocycles. The molecule has 0 atom stereocenters. The van der Waals surface area contributed by atoms with Crippen LogP contribution in [-0.2, 0) is 19.6 Å². The predicted molar refractivity (Wildman–Crippen MR) is 85.1 cm³/mol. The van der Waals surface area contributed by atoms with Crippen LogP contribution in [0.5, 0.6) is 0 Å². The van der Waals surface area contributed by atoms with Crippen molar-refractivity contribution in [1.82, 2.24) is 4.72 Å². The van der Waals surface area contributed by atoms with Gasteiger partial charge in [0.25, 0.3) is 0 Å². The second kappa shape index (κ2) is 8.61. The van der Waals surface area contributed by atoms with Crippen LogP contribution in [0.15, 0.2) is 18.2 Å². The highest BCUT2D eigenvalue weighted by Crippen LogP contribution is 2.17. The first-order valence-electron chi connectivity index (χ1n) is 6.85. The Labute approximate surface area is 134 Å². The van der Waals surface area contributed by atoms with E-state index in [2.05, 4.69) is 10.0 Å². The van der Waals surface area contributed by atoms with E-state index in [1.165, 1.54) is 19.2 Å². The van der Waals surface area contributed by atoms with E-state index in [0.29, 0.717) is 13.0 Å². The fourth-order valence-electron chi connectivity index (χ4n) is 1.78. The Morgan fingerprint density at radius 2 is 2.00 bits per heavy atom. The molecule has 0 spiro atoms. The van der Waals surface area contributed by atoms with Crippen molar-refractivity contribution in [1.29, 1.82) is 0 Å². The lowest BCUT2D eigenvalue weighted by molar-refractivity contribution is -0.115. The summed E-state index contributed by atoms with van der Waals surface area (Å²) in [4.78, 5) is 22.9. The largest absolute Gasteiger partial charge is 0.478 e. The number of amides is 1. The number of carboxylic acid groups (broad SMARTS) is 1. The Bertz CT molecular complexity index is 672. The van der Waals surface area contributed by atoms with E-state index in [1.807, 2.05) is 0 Å². The van der Waals surface area contributed by atoms with Crippen molar-refractivity contribution in [3.05, 3.63) is 29.3 Å². The van der Waals surface area contributed by atoms with Gasteiger partial charge in [0.1, 0.15) is 0 Å². The fourth-order valence-corrected chi connectivity index (χ4v) is 2.77. The SMILES string of the molecule is COCCCS(=O)(=O)NCC(=O)Nc1ccc(C)cc1C(=O)O. The number of sulfonamides is 1. The Morgan fingerprint density at radius 3 is 2.61 bits per heavy atom. The van der Waals surface area contributed by atoms with Gasteiger partial charge in [0, 0.05) is 13.7 Å². The molecule has 0 unspecified atom stereocenters. The van der Waals surface area contributed by atoms with Crippen LogP contribution in [0, 0.1) is 6.92 Å². The van der Waals surface area contributed by atoms with Crippen LogP contribution in [0.3, 0.4) is 0 Å². The van der Waals surface area contributed by atoms with E-state index < -0.39 is 28.4 Å². The molecular formula is C14H20N2O6S. The molecule has 0 aliphatic rings. The van der Waals surface area contributed by atoms with E-state index in [0.717, 1.165) is 5.56 Å². The number of carbonyl (C=O) groups excluding carboxylic acids is 1. The zero-order valence-electron chi connectivity index (χ0n) is 13.0. The molecule has 0 radical (unpaired) electrons. The molecule has 1 aromatic carbocycles. The van der Waals surface area contributed by atoms with Crippen LogP contribution >= 0.6 is 0 Å². The zero-order chi connectivity index (χ0) is 17.5. The van der Waals surface area contributed by atoms with Gasteiger partial charge >= 0.3 is 5.97 Å². The first-order chi connectivity index (χ1) is 10.7. The average molecular weight is 344 g/mol. The van der Waals surface area contributed by atoms with Gasteiger partial charge in [-0.05, 0) is 25.5 Å². The normalized spacial score (nSPS) is 11.2. The van der Waals surface area contributed by atoms with Crippen LogP contribution in [-0.4, -0.2) is 51.4 Å². The minimum absolute atomic E-state index is 0.0544. The molecule has 0 fully saturated rings. The fraction of sp³-hybridized carbons (Fsp3) is 0.429. The third kappa shape index (κ3) is 6.76. The molecule has 0 saturated heterocycles. The number of methoxy groups -OCH3 is 1. The Hall–Kier alpha value is -1.97. The maximum atomic E-state index is 11.8. The Kier molecular flexibility index (Phi) is 7.14. The molecule has 8 nitrogen and oxygen atoms in total. The number of anilines is 1. The van der Waals surface area contributed by atoms with Gasteiger partial charge in [0.15, 0.2) is 0 Å². The molecule has 3 N–H and O–H groups in total. The molecule has 0 aromatic heterocycles. The maximum Gasteiger partial charge on any atom is 0.337 e. The molecule has 1 aromatic rings. The quantitative estimate of drug-likeness (QED) is 0.564. The number of hydrogen-bond donors (Lipinski definition) is 3. The molecule has 0 bridgehead atoms. The highest BCUT2D eigenvalue weighted by Gasteiger charge is 2.15. The molecule has 0 heterocycles. The number of rotatable bonds is 9. The van der Waals surface area contributed by atoms with Crippen molar-refractivity contribution in [3.63, 3.8) is 0 Å². The van der Waals surface area contributed by atoms with Gasteiger partial charge in [0.05, 0.1) is 23.5 Å². The van der Waals surface area contributed by atoms with E-state index >= 15 is 0 Å². The number of carboxylic acids is 1. The van der Waals surface area contributed by atoms with Gasteiger partial charge in [0.2, 0.25) is 15.9 Å². The topological polar surface area (TPSA) is 122 Å². The van der Waals surface area contributed by atoms with Gasteiger partial charge in [-0.25, -0.2) is 17.9 Å². The van der Waals surface area contributed by atoms with Gasteiger partial charge in [-0.3, -0.25) is 4.79 Å². The standard InChI is InChI=1S/C14H20N2O6S/c1-10-4-5-12(11(8-10)14(18)19)16-13(17)9-15-23(20,21)7-3-6-22-2/h4-5,8,15H,3,6-7,9H2,1-2H3,(H,16,17)(H,18,19). The Balaban J connectivity index is 2.62. The summed E-state index contributed by atoms with van der Waals surface area (Å²) >= 11 is 0. The monoisotopic (exact) mass is 344 g/mol. The van der Waals surface area contributed by atoms with Crippen molar-refractivity contribution in [2.75, 3.05) is 31.3 Å². The summed E-state index contributed by atoms with van der Waals surface area (Å²) in [5.41, 5.74) is 0.798. The maximum absolute atomic E-state index is 11.8. The zero-order valence-corrected chi connectivity index (χ0v) is 13.8. The lowest BCUT2D eigenvalue weighted by Crippen LogP contribution is -2.34.